The van der Waals surface area contributed by atoms with Crippen molar-refractivity contribution in [2.75, 3.05) is 12.8 Å². The number of carboxylic acids is 1. The minimum atomic E-state index is -4.42. The van der Waals surface area contributed by atoms with Gasteiger partial charge in [0.25, 0.3) is 0 Å². The summed E-state index contributed by atoms with van der Waals surface area (Å²) in [7, 11) is -4.42. The van der Waals surface area contributed by atoms with E-state index in [-0.39, 0.29) is 6.61 Å². The van der Waals surface area contributed by atoms with Crippen molar-refractivity contribution in [1.82, 2.24) is 0 Å². The van der Waals surface area contributed by atoms with Gasteiger partial charge in [0.05, 0.1) is 12.8 Å². The van der Waals surface area contributed by atoms with Crippen LogP contribution in [0.1, 0.15) is 53.4 Å². The van der Waals surface area contributed by atoms with Gasteiger partial charge in [-0.15, -0.1) is 0 Å². The quantitative estimate of drug-likeness (QED) is 0.352. The molecule has 0 saturated carbocycles. The highest BCUT2D eigenvalue weighted by molar-refractivity contribution is 7.51. The molecular weight excluding hydrogens is 343 g/mol. The zero-order valence-corrected chi connectivity index (χ0v) is 16.5. The summed E-state index contributed by atoms with van der Waals surface area (Å²) in [4.78, 5) is 28.6. The van der Waals surface area contributed by atoms with Crippen LogP contribution in [0.15, 0.2) is 34.9 Å². The fourth-order valence-electron chi connectivity index (χ4n) is 2.06. The lowest BCUT2D eigenvalue weighted by atomic mass is 10.1. The smallest absolute Gasteiger partial charge is 0.333 e. The minimum absolute atomic E-state index is 0.0199. The number of carbonyl (C=O) groups is 1. The molecule has 0 spiro atoms. The summed E-state index contributed by atoms with van der Waals surface area (Å²) in [5.74, 6) is -1.37. The monoisotopic (exact) mass is 374 g/mol. The van der Waals surface area contributed by atoms with E-state index in [0.29, 0.717) is 0 Å². The molecule has 0 saturated heterocycles. The van der Waals surface area contributed by atoms with Crippen LogP contribution in [0.2, 0.25) is 0 Å². The van der Waals surface area contributed by atoms with Gasteiger partial charge in [-0.3, -0.25) is 4.57 Å². The van der Waals surface area contributed by atoms with Gasteiger partial charge in [-0.05, 0) is 53.4 Å². The van der Waals surface area contributed by atoms with Crippen molar-refractivity contribution in [3.05, 3.63) is 34.9 Å². The summed E-state index contributed by atoms with van der Waals surface area (Å²) in [5.41, 5.74) is 3.72. The Morgan fingerprint density at radius 2 is 1.52 bits per heavy atom. The van der Waals surface area contributed by atoms with Crippen molar-refractivity contribution in [2.45, 2.75) is 59.5 Å². The Labute approximate surface area is 150 Å². The van der Waals surface area contributed by atoms with Crippen LogP contribution in [-0.2, 0) is 14.1 Å². The summed E-state index contributed by atoms with van der Waals surface area (Å²) in [6.07, 6.45) is 7.67. The van der Waals surface area contributed by atoms with Crippen LogP contribution in [0.5, 0.6) is 0 Å². The molecule has 25 heavy (non-hydrogen) atoms. The fraction of sp³-hybridized carbons (Fsp3) is 0.611. The zero-order valence-electron chi connectivity index (χ0n) is 15.6. The highest BCUT2D eigenvalue weighted by Crippen LogP contribution is 2.35. The van der Waals surface area contributed by atoms with E-state index in [1.165, 1.54) is 11.1 Å². The normalized spacial score (nSPS) is 14.3. The van der Waals surface area contributed by atoms with Crippen LogP contribution >= 0.6 is 7.60 Å². The SMILES string of the molecule is CC(C)=CCC/C(C)=C/CC/C(C)=C/COC(CP(=O)(O)O)C(=O)O. The number of carboxylic acid groups (broad SMARTS) is 1. The maximum absolute atomic E-state index is 10.9. The lowest BCUT2D eigenvalue weighted by Crippen LogP contribution is -2.28. The fourth-order valence-corrected chi connectivity index (χ4v) is 2.76. The van der Waals surface area contributed by atoms with Crippen LogP contribution in [0.4, 0.5) is 0 Å². The van der Waals surface area contributed by atoms with Gasteiger partial charge in [0, 0.05) is 0 Å². The molecule has 1 unspecified atom stereocenters. The van der Waals surface area contributed by atoms with Crippen molar-refractivity contribution < 1.29 is 29.0 Å². The first-order chi connectivity index (χ1) is 11.5. The number of hydrogen-bond donors (Lipinski definition) is 3. The van der Waals surface area contributed by atoms with Gasteiger partial charge in [-0.25, -0.2) is 4.79 Å². The molecule has 0 aliphatic rings. The molecule has 0 aromatic carbocycles. The number of hydrogen-bond acceptors (Lipinski definition) is 3. The maximum atomic E-state index is 10.9. The molecule has 0 radical (unpaired) electrons. The van der Waals surface area contributed by atoms with Crippen molar-refractivity contribution in [1.29, 1.82) is 0 Å². The van der Waals surface area contributed by atoms with Gasteiger partial charge in [0.1, 0.15) is 0 Å². The summed E-state index contributed by atoms with van der Waals surface area (Å²) in [6.45, 7) is 8.23. The predicted octanol–water partition coefficient (Wildman–Crippen LogP) is 4.05. The van der Waals surface area contributed by atoms with Crippen LogP contribution in [0, 0.1) is 0 Å². The maximum Gasteiger partial charge on any atom is 0.333 e. The van der Waals surface area contributed by atoms with Gasteiger partial charge < -0.3 is 19.6 Å². The van der Waals surface area contributed by atoms with Gasteiger partial charge in [0.2, 0.25) is 0 Å². The van der Waals surface area contributed by atoms with Crippen LogP contribution in [-0.4, -0.2) is 39.7 Å². The van der Waals surface area contributed by atoms with E-state index < -0.39 is 25.8 Å². The van der Waals surface area contributed by atoms with E-state index in [2.05, 4.69) is 32.9 Å². The van der Waals surface area contributed by atoms with E-state index in [4.69, 9.17) is 19.6 Å². The number of rotatable bonds is 12. The van der Waals surface area contributed by atoms with Gasteiger partial charge in [-0.2, -0.15) is 0 Å². The number of ether oxygens (including phenoxy) is 1. The molecule has 0 bridgehead atoms. The average Bonchev–Trinajstić information content (AvgIpc) is 2.44. The van der Waals surface area contributed by atoms with Crippen LogP contribution < -0.4 is 0 Å². The molecule has 3 N–H and O–H groups in total. The van der Waals surface area contributed by atoms with Crippen molar-refractivity contribution in [3.63, 3.8) is 0 Å². The Morgan fingerprint density at radius 3 is 2.00 bits per heavy atom. The highest BCUT2D eigenvalue weighted by atomic mass is 31.2. The molecule has 0 heterocycles. The van der Waals surface area contributed by atoms with Crippen molar-refractivity contribution >= 4 is 13.6 Å². The Balaban J connectivity index is 4.25. The summed E-state index contributed by atoms with van der Waals surface area (Å²) in [6, 6.07) is 0. The van der Waals surface area contributed by atoms with Crippen molar-refractivity contribution in [3.8, 4) is 0 Å². The van der Waals surface area contributed by atoms with Gasteiger partial charge in [-0.1, -0.05) is 34.9 Å². The van der Waals surface area contributed by atoms with E-state index >= 15 is 0 Å². The molecule has 144 valence electrons. The number of aliphatic carboxylic acids is 1. The first-order valence-electron chi connectivity index (χ1n) is 8.35. The molecule has 1 atom stereocenters. The summed E-state index contributed by atoms with van der Waals surface area (Å²) < 4.78 is 15.9. The molecule has 0 rings (SSSR count). The Hall–Kier alpha value is -1.20. The minimum Gasteiger partial charge on any atom is -0.479 e. The lowest BCUT2D eigenvalue weighted by molar-refractivity contribution is -0.148. The first-order valence-corrected chi connectivity index (χ1v) is 10.1. The predicted molar refractivity (Wildman–Crippen MR) is 99.7 cm³/mol. The lowest BCUT2D eigenvalue weighted by Gasteiger charge is -2.13. The second kappa shape index (κ2) is 12.2. The second-order valence-corrected chi connectivity index (χ2v) is 8.16. The van der Waals surface area contributed by atoms with Crippen molar-refractivity contribution in [2.24, 2.45) is 0 Å². The van der Waals surface area contributed by atoms with E-state index in [9.17, 15) is 9.36 Å². The third kappa shape index (κ3) is 14.8. The third-order valence-corrected chi connectivity index (χ3v) is 4.34. The van der Waals surface area contributed by atoms with Gasteiger partial charge in [0.15, 0.2) is 6.10 Å². The first kappa shape index (κ1) is 23.8. The molecule has 0 aliphatic heterocycles. The molecule has 0 aromatic rings. The van der Waals surface area contributed by atoms with E-state index in [0.717, 1.165) is 31.3 Å². The molecule has 0 aliphatic carbocycles. The Bertz CT molecular complexity index is 552. The topological polar surface area (TPSA) is 104 Å². The average molecular weight is 374 g/mol. The van der Waals surface area contributed by atoms with Crippen LogP contribution in [0.25, 0.3) is 0 Å². The third-order valence-electron chi connectivity index (χ3n) is 3.53. The highest BCUT2D eigenvalue weighted by Gasteiger charge is 2.27. The zero-order chi connectivity index (χ0) is 19.5. The molecule has 0 fully saturated rings. The van der Waals surface area contributed by atoms with E-state index in [1.54, 1.807) is 6.08 Å². The van der Waals surface area contributed by atoms with Crippen LogP contribution in [0.3, 0.4) is 0 Å². The standard InChI is InChI=1S/C18H31O6P/c1-14(2)7-5-8-15(3)9-6-10-16(4)11-12-24-17(18(19)20)13-25(21,22)23/h7,9,11,17H,5-6,8,10,12-13H2,1-4H3,(H,19,20)(H2,21,22,23)/b15-9+,16-11+. The second-order valence-electron chi connectivity index (χ2n) is 6.47. The Kier molecular flexibility index (Phi) is 11.6. The molecule has 0 aromatic heterocycles. The molecule has 7 heteroatoms. The molecule has 6 nitrogen and oxygen atoms in total. The summed E-state index contributed by atoms with van der Waals surface area (Å²) in [5, 5.41) is 8.91. The number of allylic oxidation sites excluding steroid dienone is 5. The molecule has 0 amide bonds. The summed E-state index contributed by atoms with van der Waals surface area (Å²) >= 11 is 0. The molecular formula is C18H31O6P. The largest absolute Gasteiger partial charge is 0.479 e. The Morgan fingerprint density at radius 1 is 1.00 bits per heavy atom. The van der Waals surface area contributed by atoms with Gasteiger partial charge >= 0.3 is 13.6 Å². The van der Waals surface area contributed by atoms with E-state index in [1.807, 2.05) is 6.92 Å².